The highest BCUT2D eigenvalue weighted by Crippen LogP contribution is 1.94. The molecule has 0 heterocycles. The molecule has 3 nitrogen and oxygen atoms in total. The van der Waals surface area contributed by atoms with E-state index in [0.717, 1.165) is 0 Å². The van der Waals surface area contributed by atoms with Gasteiger partial charge in [0.2, 0.25) is 0 Å². The summed E-state index contributed by atoms with van der Waals surface area (Å²) >= 11 is 0. The van der Waals surface area contributed by atoms with Gasteiger partial charge in [-0.15, -0.1) is 0 Å². The summed E-state index contributed by atoms with van der Waals surface area (Å²) < 4.78 is 19.9. The lowest BCUT2D eigenvalue weighted by Crippen LogP contribution is -2.00. The van der Waals surface area contributed by atoms with Crippen LogP contribution in [0.1, 0.15) is 19.8 Å². The summed E-state index contributed by atoms with van der Waals surface area (Å²) in [6.45, 7) is 1.65. The van der Waals surface area contributed by atoms with E-state index in [0.29, 0.717) is 12.8 Å². The zero-order valence-electron chi connectivity index (χ0n) is 5.41. The molecule has 1 unspecified atom stereocenters. The Morgan fingerprint density at radius 1 is 1.56 bits per heavy atom. The fraction of sp³-hybridized carbons (Fsp3) is 1.00. The lowest BCUT2D eigenvalue weighted by molar-refractivity contribution is 0.184. The topological polar surface area (TPSA) is 54.4 Å². The van der Waals surface area contributed by atoms with E-state index in [-0.39, 0.29) is 11.9 Å². The van der Waals surface area contributed by atoms with Gasteiger partial charge in [0.25, 0.3) is 0 Å². The number of aliphatic hydroxyl groups excluding tert-OH is 1. The van der Waals surface area contributed by atoms with Crippen LogP contribution in [0.15, 0.2) is 0 Å². The second-order valence-corrected chi connectivity index (χ2v) is 3.16. The third kappa shape index (κ3) is 7.91. The van der Waals surface area contributed by atoms with E-state index < -0.39 is 10.7 Å². The summed E-state index contributed by atoms with van der Waals surface area (Å²) in [5, 5.41) is 8.67. The molecule has 1 N–H and O–H groups in total. The van der Waals surface area contributed by atoms with E-state index in [1.807, 2.05) is 0 Å². The van der Waals surface area contributed by atoms with Gasteiger partial charge in [0.05, 0.1) is 6.10 Å². The number of hydrogen-bond donors (Lipinski definition) is 2. The maximum Gasteiger partial charge on any atom is 0.140 e. The Kier molecular flexibility index (Phi) is 4.71. The molecule has 1 atom stereocenters. The Labute approximate surface area is 56.7 Å². The van der Waals surface area contributed by atoms with Gasteiger partial charge in [-0.1, -0.05) is 0 Å². The molecule has 9 heavy (non-hydrogen) atoms. The molecule has 0 spiro atoms. The molecular formula is C5H12O3S. The van der Waals surface area contributed by atoms with Crippen LogP contribution >= 0.6 is 0 Å². The van der Waals surface area contributed by atoms with Gasteiger partial charge in [0.1, 0.15) is 10.7 Å². The molecule has 0 aliphatic rings. The maximum atomic E-state index is 9.94. The molecule has 0 rings (SSSR count). The van der Waals surface area contributed by atoms with Gasteiger partial charge in [-0.25, -0.2) is 8.42 Å². The van der Waals surface area contributed by atoms with Crippen molar-refractivity contribution in [2.24, 2.45) is 0 Å². The van der Waals surface area contributed by atoms with E-state index in [4.69, 9.17) is 5.11 Å². The minimum absolute atomic E-state index is 0.195. The molecule has 0 aliphatic heterocycles. The first kappa shape index (κ1) is 8.91. The van der Waals surface area contributed by atoms with E-state index >= 15 is 0 Å². The summed E-state index contributed by atoms with van der Waals surface area (Å²) in [5.74, 6) is 0.195. The van der Waals surface area contributed by atoms with Crippen LogP contribution in [-0.4, -0.2) is 25.4 Å². The normalized spacial score (nSPS) is 14.1. The van der Waals surface area contributed by atoms with Crippen LogP contribution in [-0.2, 0) is 10.7 Å². The molecule has 56 valence electrons. The average Bonchev–Trinajstić information content (AvgIpc) is 1.63. The molecule has 0 saturated heterocycles. The zero-order valence-corrected chi connectivity index (χ0v) is 6.30. The van der Waals surface area contributed by atoms with Gasteiger partial charge in [-0.3, -0.25) is 0 Å². The van der Waals surface area contributed by atoms with Gasteiger partial charge in [-0.05, 0) is 19.8 Å². The summed E-state index contributed by atoms with van der Waals surface area (Å²) in [7, 11) is -2.24. The van der Waals surface area contributed by atoms with Crippen LogP contribution in [0, 0.1) is 0 Å². The first-order valence-electron chi connectivity index (χ1n) is 2.93. The largest absolute Gasteiger partial charge is 0.393 e. The van der Waals surface area contributed by atoms with Crippen molar-refractivity contribution < 1.29 is 13.5 Å². The summed E-state index contributed by atoms with van der Waals surface area (Å²) in [6.07, 6.45) is 0.764. The smallest absolute Gasteiger partial charge is 0.140 e. The van der Waals surface area contributed by atoms with Crippen LogP contribution in [0.3, 0.4) is 0 Å². The van der Waals surface area contributed by atoms with Crippen LogP contribution < -0.4 is 0 Å². The third-order valence-corrected chi connectivity index (χ3v) is 1.64. The molecule has 0 amide bonds. The molecule has 4 heteroatoms. The highest BCUT2D eigenvalue weighted by Gasteiger charge is 1.94. The first-order valence-corrected chi connectivity index (χ1v) is 4.29. The number of thiol groups is 1. The Morgan fingerprint density at radius 3 is 2.44 bits per heavy atom. The van der Waals surface area contributed by atoms with Crippen LogP contribution in [0.5, 0.6) is 0 Å². The van der Waals surface area contributed by atoms with E-state index in [1.165, 1.54) is 0 Å². The maximum absolute atomic E-state index is 9.94. The van der Waals surface area contributed by atoms with Crippen molar-refractivity contribution in [2.75, 3.05) is 5.75 Å². The number of hydrogen-bond acceptors (Lipinski definition) is 3. The predicted molar refractivity (Wildman–Crippen MR) is 36.1 cm³/mol. The number of rotatable bonds is 4. The van der Waals surface area contributed by atoms with Crippen molar-refractivity contribution in [3.63, 3.8) is 0 Å². The van der Waals surface area contributed by atoms with Crippen molar-refractivity contribution in [2.45, 2.75) is 25.9 Å². The van der Waals surface area contributed by atoms with Crippen molar-refractivity contribution in [3.05, 3.63) is 0 Å². The number of aliphatic hydroxyl groups is 1. The molecular weight excluding hydrogens is 140 g/mol. The quantitative estimate of drug-likeness (QED) is 0.547. The van der Waals surface area contributed by atoms with Crippen LogP contribution in [0.4, 0.5) is 0 Å². The summed E-state index contributed by atoms with van der Waals surface area (Å²) in [4.78, 5) is 0. The van der Waals surface area contributed by atoms with Crippen LogP contribution in [0.2, 0.25) is 0 Å². The molecule has 0 aromatic carbocycles. The summed E-state index contributed by atoms with van der Waals surface area (Å²) in [6, 6.07) is 0. The zero-order chi connectivity index (χ0) is 7.28. The molecule has 0 fully saturated rings. The van der Waals surface area contributed by atoms with Crippen molar-refractivity contribution in [1.82, 2.24) is 0 Å². The van der Waals surface area contributed by atoms with E-state index in [2.05, 4.69) is 0 Å². The highest BCUT2D eigenvalue weighted by molar-refractivity contribution is 7.72. The fourth-order valence-corrected chi connectivity index (χ4v) is 0.957. The second-order valence-electron chi connectivity index (χ2n) is 2.05. The van der Waals surface area contributed by atoms with Gasteiger partial charge in [-0.2, -0.15) is 0 Å². The third-order valence-electron chi connectivity index (χ3n) is 0.963. The Balaban J connectivity index is 3.10. The first-order chi connectivity index (χ1) is 4.13. The fourth-order valence-electron chi connectivity index (χ4n) is 0.516. The standard InChI is InChI=1S/C5H12O3S/c1-5(6)3-2-4-9(7)8/h5-6,9H,2-4H2,1H3. The van der Waals surface area contributed by atoms with Crippen molar-refractivity contribution in [3.8, 4) is 0 Å². The van der Waals surface area contributed by atoms with Crippen molar-refractivity contribution >= 4 is 10.7 Å². The predicted octanol–water partition coefficient (Wildman–Crippen LogP) is -0.241. The van der Waals surface area contributed by atoms with Crippen LogP contribution in [0.25, 0.3) is 0 Å². The SMILES string of the molecule is CC(O)CCC[SH](=O)=O. The molecule has 0 aromatic rings. The van der Waals surface area contributed by atoms with E-state index in [9.17, 15) is 8.42 Å². The average molecular weight is 152 g/mol. The molecule has 0 bridgehead atoms. The van der Waals surface area contributed by atoms with Gasteiger partial charge < -0.3 is 5.11 Å². The van der Waals surface area contributed by atoms with Crippen molar-refractivity contribution in [1.29, 1.82) is 0 Å². The molecule has 0 radical (unpaired) electrons. The van der Waals surface area contributed by atoms with Gasteiger partial charge >= 0.3 is 0 Å². The minimum Gasteiger partial charge on any atom is -0.393 e. The van der Waals surface area contributed by atoms with Gasteiger partial charge in [0.15, 0.2) is 0 Å². The summed E-state index contributed by atoms with van der Waals surface area (Å²) in [5.41, 5.74) is 0. The minimum atomic E-state index is -2.24. The monoisotopic (exact) mass is 152 g/mol. The highest BCUT2D eigenvalue weighted by atomic mass is 32.2. The lowest BCUT2D eigenvalue weighted by Gasteiger charge is -1.98. The van der Waals surface area contributed by atoms with E-state index in [1.54, 1.807) is 6.92 Å². The molecule has 0 saturated carbocycles. The lowest BCUT2D eigenvalue weighted by atomic mass is 10.2. The molecule has 0 aromatic heterocycles. The Morgan fingerprint density at radius 2 is 2.11 bits per heavy atom. The molecule has 0 aliphatic carbocycles. The Bertz CT molecular complexity index is 120. The second kappa shape index (κ2) is 4.76. The Hall–Kier alpha value is -0.0900. The van der Waals surface area contributed by atoms with Gasteiger partial charge in [0, 0.05) is 5.75 Å².